The molecule has 1 saturated carbocycles. The first-order valence-corrected chi connectivity index (χ1v) is 6.98. The molecule has 0 bridgehead atoms. The Morgan fingerprint density at radius 2 is 1.74 bits per heavy atom. The molecule has 0 radical (unpaired) electrons. The lowest BCUT2D eigenvalue weighted by Gasteiger charge is -2.18. The SMILES string of the molecule is O=C1CCCC(C(=O)OCc2ccccc2)CCC1. The van der Waals surface area contributed by atoms with Gasteiger partial charge in [0.25, 0.3) is 0 Å². The molecule has 3 heteroatoms. The van der Waals surface area contributed by atoms with Gasteiger partial charge in [-0.2, -0.15) is 0 Å². The van der Waals surface area contributed by atoms with Crippen molar-refractivity contribution in [2.45, 2.75) is 45.1 Å². The van der Waals surface area contributed by atoms with Crippen LogP contribution in [0.1, 0.15) is 44.1 Å². The van der Waals surface area contributed by atoms with E-state index in [-0.39, 0.29) is 11.9 Å². The van der Waals surface area contributed by atoms with Crippen LogP contribution in [-0.2, 0) is 20.9 Å². The lowest BCUT2D eigenvalue weighted by Crippen LogP contribution is -2.20. The van der Waals surface area contributed by atoms with Gasteiger partial charge in [0.05, 0.1) is 5.92 Å². The summed E-state index contributed by atoms with van der Waals surface area (Å²) in [4.78, 5) is 23.3. The molecule has 0 amide bonds. The molecule has 0 atom stereocenters. The second-order valence-electron chi connectivity index (χ2n) is 5.11. The molecule has 3 nitrogen and oxygen atoms in total. The summed E-state index contributed by atoms with van der Waals surface area (Å²) in [7, 11) is 0. The number of ether oxygens (including phenoxy) is 1. The number of esters is 1. The first-order valence-electron chi connectivity index (χ1n) is 6.98. The number of Topliss-reactive ketones (excluding diaryl/α,β-unsaturated/α-hetero) is 1. The zero-order valence-corrected chi connectivity index (χ0v) is 11.1. The van der Waals surface area contributed by atoms with Crippen molar-refractivity contribution in [3.8, 4) is 0 Å². The summed E-state index contributed by atoms with van der Waals surface area (Å²) in [6.07, 6.45) is 4.40. The van der Waals surface area contributed by atoms with Gasteiger partial charge in [-0.3, -0.25) is 9.59 Å². The molecule has 0 aliphatic heterocycles. The predicted octanol–water partition coefficient (Wildman–Crippen LogP) is 3.27. The van der Waals surface area contributed by atoms with Gasteiger partial charge in [-0.1, -0.05) is 30.3 Å². The Kier molecular flexibility index (Phi) is 5.13. The van der Waals surface area contributed by atoms with Crippen LogP contribution in [0.2, 0.25) is 0 Å². The fourth-order valence-corrected chi connectivity index (χ4v) is 2.44. The summed E-state index contributed by atoms with van der Waals surface area (Å²) in [5.74, 6) is 0.186. The van der Waals surface area contributed by atoms with Crippen molar-refractivity contribution >= 4 is 11.8 Å². The van der Waals surface area contributed by atoms with Crippen LogP contribution in [0.3, 0.4) is 0 Å². The van der Waals surface area contributed by atoms with Gasteiger partial charge in [-0.25, -0.2) is 0 Å². The number of carbonyl (C=O) groups excluding carboxylic acids is 2. The highest BCUT2D eigenvalue weighted by atomic mass is 16.5. The smallest absolute Gasteiger partial charge is 0.309 e. The molecule has 0 heterocycles. The van der Waals surface area contributed by atoms with Gasteiger partial charge in [0.2, 0.25) is 0 Å². The predicted molar refractivity (Wildman–Crippen MR) is 72.4 cm³/mol. The Morgan fingerprint density at radius 3 is 2.37 bits per heavy atom. The minimum atomic E-state index is -0.113. The van der Waals surface area contributed by atoms with Crippen molar-refractivity contribution < 1.29 is 14.3 Å². The highest BCUT2D eigenvalue weighted by Gasteiger charge is 2.22. The molecule has 0 unspecified atom stereocenters. The van der Waals surface area contributed by atoms with Crippen molar-refractivity contribution in [3.63, 3.8) is 0 Å². The third-order valence-electron chi connectivity index (χ3n) is 3.57. The molecule has 1 aromatic rings. The lowest BCUT2D eigenvalue weighted by atomic mass is 9.91. The van der Waals surface area contributed by atoms with Gasteiger partial charge < -0.3 is 4.74 Å². The summed E-state index contributed by atoms with van der Waals surface area (Å²) in [6, 6.07) is 9.71. The largest absolute Gasteiger partial charge is 0.461 e. The summed E-state index contributed by atoms with van der Waals surface area (Å²) >= 11 is 0. The van der Waals surface area contributed by atoms with Gasteiger partial charge in [0.15, 0.2) is 0 Å². The summed E-state index contributed by atoms with van der Waals surface area (Å²) in [5, 5.41) is 0. The number of benzene rings is 1. The third-order valence-corrected chi connectivity index (χ3v) is 3.57. The van der Waals surface area contributed by atoms with E-state index in [0.717, 1.165) is 31.2 Å². The average Bonchev–Trinajstić information content (AvgIpc) is 2.41. The lowest BCUT2D eigenvalue weighted by molar-refractivity contribution is -0.151. The molecule has 0 spiro atoms. The molecule has 0 aromatic heterocycles. The second-order valence-corrected chi connectivity index (χ2v) is 5.11. The maximum Gasteiger partial charge on any atom is 0.309 e. The quantitative estimate of drug-likeness (QED) is 0.783. The van der Waals surface area contributed by atoms with E-state index in [0.29, 0.717) is 25.2 Å². The number of ketones is 1. The molecule has 1 aliphatic carbocycles. The van der Waals surface area contributed by atoms with Crippen LogP contribution in [0.4, 0.5) is 0 Å². The fraction of sp³-hybridized carbons (Fsp3) is 0.500. The minimum Gasteiger partial charge on any atom is -0.461 e. The van der Waals surface area contributed by atoms with E-state index in [1.165, 1.54) is 0 Å². The molecule has 1 aliphatic rings. The maximum atomic E-state index is 12.0. The van der Waals surface area contributed by atoms with E-state index in [9.17, 15) is 9.59 Å². The van der Waals surface area contributed by atoms with Crippen molar-refractivity contribution in [1.29, 1.82) is 0 Å². The fourth-order valence-electron chi connectivity index (χ4n) is 2.44. The van der Waals surface area contributed by atoms with Crippen molar-refractivity contribution in [2.75, 3.05) is 0 Å². The molecule has 2 rings (SSSR count). The monoisotopic (exact) mass is 260 g/mol. The molecular weight excluding hydrogens is 240 g/mol. The zero-order chi connectivity index (χ0) is 13.5. The van der Waals surface area contributed by atoms with Gasteiger partial charge in [0.1, 0.15) is 12.4 Å². The molecule has 0 N–H and O–H groups in total. The van der Waals surface area contributed by atoms with Gasteiger partial charge in [-0.15, -0.1) is 0 Å². The van der Waals surface area contributed by atoms with Crippen LogP contribution in [-0.4, -0.2) is 11.8 Å². The first kappa shape index (κ1) is 13.8. The summed E-state index contributed by atoms with van der Waals surface area (Å²) in [6.45, 7) is 0.342. The highest BCUT2D eigenvalue weighted by Crippen LogP contribution is 2.22. The molecule has 1 aromatic carbocycles. The van der Waals surface area contributed by atoms with Gasteiger partial charge in [-0.05, 0) is 31.2 Å². The number of rotatable bonds is 3. The van der Waals surface area contributed by atoms with Crippen molar-refractivity contribution in [2.24, 2.45) is 5.92 Å². The van der Waals surface area contributed by atoms with Crippen LogP contribution in [0.25, 0.3) is 0 Å². The highest BCUT2D eigenvalue weighted by molar-refractivity contribution is 5.79. The maximum absolute atomic E-state index is 12.0. The van der Waals surface area contributed by atoms with Crippen LogP contribution < -0.4 is 0 Å². The van der Waals surface area contributed by atoms with Crippen molar-refractivity contribution in [3.05, 3.63) is 35.9 Å². The molecule has 0 saturated heterocycles. The number of hydrogen-bond donors (Lipinski definition) is 0. The van der Waals surface area contributed by atoms with Crippen LogP contribution >= 0.6 is 0 Å². The molecule has 102 valence electrons. The topological polar surface area (TPSA) is 43.4 Å². The van der Waals surface area contributed by atoms with E-state index in [1.807, 2.05) is 30.3 Å². The van der Waals surface area contributed by atoms with Crippen LogP contribution in [0, 0.1) is 5.92 Å². The Labute approximate surface area is 114 Å². The van der Waals surface area contributed by atoms with E-state index in [2.05, 4.69) is 0 Å². The molecule has 1 fully saturated rings. The average molecular weight is 260 g/mol. The van der Waals surface area contributed by atoms with Crippen molar-refractivity contribution in [1.82, 2.24) is 0 Å². The van der Waals surface area contributed by atoms with Crippen LogP contribution in [0.5, 0.6) is 0 Å². The number of hydrogen-bond acceptors (Lipinski definition) is 3. The Balaban J connectivity index is 1.80. The molecule has 19 heavy (non-hydrogen) atoms. The van der Waals surface area contributed by atoms with Gasteiger partial charge in [0, 0.05) is 12.8 Å². The van der Waals surface area contributed by atoms with E-state index >= 15 is 0 Å². The Bertz CT molecular complexity index is 413. The van der Waals surface area contributed by atoms with Crippen LogP contribution in [0.15, 0.2) is 30.3 Å². The van der Waals surface area contributed by atoms with E-state index in [1.54, 1.807) is 0 Å². The number of carbonyl (C=O) groups is 2. The van der Waals surface area contributed by atoms with Gasteiger partial charge >= 0.3 is 5.97 Å². The normalized spacial score (nSPS) is 17.6. The Morgan fingerprint density at radius 1 is 1.11 bits per heavy atom. The summed E-state index contributed by atoms with van der Waals surface area (Å²) < 4.78 is 5.37. The standard InChI is InChI=1S/C16H20O3/c17-15-10-4-8-14(9-5-11-15)16(18)19-12-13-6-2-1-3-7-13/h1-3,6-7,14H,4-5,8-12H2. The summed E-state index contributed by atoms with van der Waals surface area (Å²) in [5.41, 5.74) is 1.01. The first-order chi connectivity index (χ1) is 9.25. The third kappa shape index (κ3) is 4.51. The van der Waals surface area contributed by atoms with E-state index in [4.69, 9.17) is 4.74 Å². The minimum absolute atomic E-state index is 0.0307. The molecular formula is C16H20O3. The Hall–Kier alpha value is -1.64. The van der Waals surface area contributed by atoms with E-state index < -0.39 is 0 Å². The zero-order valence-electron chi connectivity index (χ0n) is 11.1. The second kappa shape index (κ2) is 7.07.